The Bertz CT molecular complexity index is 1050. The van der Waals surface area contributed by atoms with E-state index < -0.39 is 0 Å². The number of aromatic nitrogens is 4. The smallest absolute Gasteiger partial charge is 0.279 e. The molecular formula is C22H26N6O2S. The molecule has 1 aliphatic carbocycles. The number of carbonyl (C=O) groups excluding carboxylic acids is 1. The van der Waals surface area contributed by atoms with E-state index in [0.717, 1.165) is 49.6 Å². The number of rotatable bonds is 6. The van der Waals surface area contributed by atoms with E-state index >= 15 is 0 Å². The van der Waals surface area contributed by atoms with E-state index in [0.29, 0.717) is 16.7 Å². The quantitative estimate of drug-likeness (QED) is 0.634. The summed E-state index contributed by atoms with van der Waals surface area (Å²) in [5, 5.41) is 14.0. The number of para-hydroxylation sites is 1. The molecule has 31 heavy (non-hydrogen) atoms. The summed E-state index contributed by atoms with van der Waals surface area (Å²) in [7, 11) is 0. The van der Waals surface area contributed by atoms with Gasteiger partial charge in [-0.15, -0.1) is 16.4 Å². The molecule has 1 aromatic carbocycles. The summed E-state index contributed by atoms with van der Waals surface area (Å²) in [5.41, 5.74) is 3.15. The predicted molar refractivity (Wildman–Crippen MR) is 119 cm³/mol. The third kappa shape index (κ3) is 4.53. The van der Waals surface area contributed by atoms with Crippen LogP contribution in [0.1, 0.15) is 54.5 Å². The summed E-state index contributed by atoms with van der Waals surface area (Å²) in [4.78, 5) is 20.0. The van der Waals surface area contributed by atoms with Crippen molar-refractivity contribution in [2.75, 3.05) is 18.4 Å². The molecule has 2 unspecified atom stereocenters. The molecule has 1 amide bonds. The second-order valence-corrected chi connectivity index (χ2v) is 9.25. The van der Waals surface area contributed by atoms with Crippen molar-refractivity contribution in [2.45, 2.75) is 51.4 Å². The number of hydrogen-bond donors (Lipinski definition) is 1. The number of benzene rings is 1. The zero-order chi connectivity index (χ0) is 21.4. The summed E-state index contributed by atoms with van der Waals surface area (Å²) >= 11 is 1.44. The van der Waals surface area contributed by atoms with E-state index in [1.54, 1.807) is 4.68 Å². The van der Waals surface area contributed by atoms with Crippen LogP contribution in [-0.2, 0) is 11.3 Å². The van der Waals surface area contributed by atoms with Crippen LogP contribution in [0.25, 0.3) is 5.69 Å². The van der Waals surface area contributed by atoms with Crippen molar-refractivity contribution in [3.63, 3.8) is 0 Å². The topological polar surface area (TPSA) is 85.2 Å². The monoisotopic (exact) mass is 438 g/mol. The van der Waals surface area contributed by atoms with Gasteiger partial charge in [0.25, 0.3) is 5.91 Å². The molecule has 162 valence electrons. The lowest BCUT2D eigenvalue weighted by Gasteiger charge is -2.34. The van der Waals surface area contributed by atoms with Crippen molar-refractivity contribution in [1.29, 1.82) is 0 Å². The molecule has 2 fully saturated rings. The van der Waals surface area contributed by atoms with Gasteiger partial charge in [0.1, 0.15) is 0 Å². The van der Waals surface area contributed by atoms with Crippen molar-refractivity contribution in [1.82, 2.24) is 24.9 Å². The summed E-state index contributed by atoms with van der Waals surface area (Å²) < 4.78 is 7.59. The van der Waals surface area contributed by atoms with Crippen LogP contribution >= 0.6 is 11.3 Å². The molecule has 3 heterocycles. The Morgan fingerprint density at radius 2 is 1.94 bits per heavy atom. The van der Waals surface area contributed by atoms with E-state index in [4.69, 9.17) is 4.74 Å². The minimum absolute atomic E-state index is 0.217. The van der Waals surface area contributed by atoms with Crippen LogP contribution in [0.2, 0.25) is 0 Å². The second kappa shape index (κ2) is 8.49. The molecular weight excluding hydrogens is 412 g/mol. The van der Waals surface area contributed by atoms with Gasteiger partial charge in [0.05, 0.1) is 29.3 Å². The van der Waals surface area contributed by atoms with Gasteiger partial charge in [-0.25, -0.2) is 9.67 Å². The van der Waals surface area contributed by atoms with E-state index in [1.807, 2.05) is 35.7 Å². The average molecular weight is 439 g/mol. The highest BCUT2D eigenvalue weighted by Gasteiger charge is 2.34. The zero-order valence-corrected chi connectivity index (χ0v) is 18.5. The lowest BCUT2D eigenvalue weighted by Crippen LogP contribution is -2.44. The fraction of sp³-hybridized carbons (Fsp3) is 0.455. The summed E-state index contributed by atoms with van der Waals surface area (Å²) in [6, 6.07) is 9.83. The molecule has 9 heteroatoms. The number of nitrogens with one attached hydrogen (secondary N) is 1. The number of morpholine rings is 1. The Kier molecular flexibility index (Phi) is 5.56. The van der Waals surface area contributed by atoms with Crippen LogP contribution in [0.5, 0.6) is 0 Å². The fourth-order valence-corrected chi connectivity index (χ4v) is 4.87. The molecule has 1 saturated heterocycles. The number of anilines is 1. The maximum atomic E-state index is 13.0. The van der Waals surface area contributed by atoms with E-state index in [2.05, 4.69) is 39.4 Å². The SMILES string of the molecule is CC1CN(Cc2csc(NC(=O)c3nnn(-c4ccccc4)c3C3CC3)n2)CC(C)O1. The van der Waals surface area contributed by atoms with Gasteiger partial charge in [-0.1, -0.05) is 23.4 Å². The minimum atomic E-state index is -0.251. The largest absolute Gasteiger partial charge is 0.373 e. The van der Waals surface area contributed by atoms with Crippen LogP contribution in [0.4, 0.5) is 5.13 Å². The normalized spacial score (nSPS) is 21.9. The number of nitrogens with zero attached hydrogens (tertiary/aromatic N) is 5. The van der Waals surface area contributed by atoms with Gasteiger partial charge < -0.3 is 4.74 Å². The number of thiazole rings is 1. The number of ether oxygens (including phenoxy) is 1. The Morgan fingerprint density at radius 3 is 2.65 bits per heavy atom. The molecule has 0 spiro atoms. The molecule has 2 aromatic heterocycles. The van der Waals surface area contributed by atoms with Crippen LogP contribution in [0.15, 0.2) is 35.7 Å². The van der Waals surface area contributed by atoms with Gasteiger partial charge in [0.15, 0.2) is 10.8 Å². The lowest BCUT2D eigenvalue weighted by atomic mass is 10.2. The molecule has 8 nitrogen and oxygen atoms in total. The standard InChI is InChI=1S/C22H26N6O2S/c1-14-10-27(11-15(2)30-14)12-17-13-31-22(23-17)24-21(29)19-20(16-8-9-16)28(26-25-19)18-6-4-3-5-7-18/h3-7,13-16H,8-12H2,1-2H3,(H,23,24,29). The highest BCUT2D eigenvalue weighted by atomic mass is 32.1. The Labute approximate surface area is 185 Å². The van der Waals surface area contributed by atoms with Crippen molar-refractivity contribution in [3.8, 4) is 5.69 Å². The Hall–Kier alpha value is -2.62. The van der Waals surface area contributed by atoms with E-state index in [9.17, 15) is 4.79 Å². The summed E-state index contributed by atoms with van der Waals surface area (Å²) in [6.07, 6.45) is 2.54. The summed E-state index contributed by atoms with van der Waals surface area (Å²) in [5.74, 6) is 0.0757. The fourth-order valence-electron chi connectivity index (χ4n) is 4.17. The zero-order valence-electron chi connectivity index (χ0n) is 17.7. The van der Waals surface area contributed by atoms with Gasteiger partial charge in [-0.3, -0.25) is 15.0 Å². The first-order valence-electron chi connectivity index (χ1n) is 10.7. The summed E-state index contributed by atoms with van der Waals surface area (Å²) in [6.45, 7) is 6.71. The van der Waals surface area contributed by atoms with Crippen LogP contribution in [0.3, 0.4) is 0 Å². The third-order valence-electron chi connectivity index (χ3n) is 5.54. The first kappa shape index (κ1) is 20.3. The highest BCUT2D eigenvalue weighted by Crippen LogP contribution is 2.42. The molecule has 0 bridgehead atoms. The number of carbonyl (C=O) groups is 1. The highest BCUT2D eigenvalue weighted by molar-refractivity contribution is 7.13. The molecule has 0 radical (unpaired) electrons. The maximum absolute atomic E-state index is 13.0. The molecule has 3 aromatic rings. The predicted octanol–water partition coefficient (Wildman–Crippen LogP) is 3.46. The lowest BCUT2D eigenvalue weighted by molar-refractivity contribution is -0.0707. The van der Waals surface area contributed by atoms with Gasteiger partial charge in [0.2, 0.25) is 0 Å². The second-order valence-electron chi connectivity index (χ2n) is 8.39. The first-order valence-corrected chi connectivity index (χ1v) is 11.6. The molecule has 2 atom stereocenters. The first-order chi connectivity index (χ1) is 15.1. The van der Waals surface area contributed by atoms with E-state index in [1.165, 1.54) is 11.3 Å². The van der Waals surface area contributed by atoms with Crippen LogP contribution in [0, 0.1) is 0 Å². The van der Waals surface area contributed by atoms with Crippen molar-refractivity contribution < 1.29 is 9.53 Å². The molecule has 1 aliphatic heterocycles. The molecule has 5 rings (SSSR count). The number of hydrogen-bond acceptors (Lipinski definition) is 7. The van der Waals surface area contributed by atoms with E-state index in [-0.39, 0.29) is 18.1 Å². The van der Waals surface area contributed by atoms with Gasteiger partial charge >= 0.3 is 0 Å². The molecule has 2 aliphatic rings. The van der Waals surface area contributed by atoms with Crippen molar-refractivity contribution >= 4 is 22.4 Å². The van der Waals surface area contributed by atoms with Crippen LogP contribution < -0.4 is 5.32 Å². The van der Waals surface area contributed by atoms with Gasteiger partial charge in [-0.05, 0) is 38.8 Å². The Morgan fingerprint density at radius 1 is 1.19 bits per heavy atom. The number of amides is 1. The maximum Gasteiger partial charge on any atom is 0.279 e. The average Bonchev–Trinajstić information content (AvgIpc) is 3.33. The minimum Gasteiger partial charge on any atom is -0.373 e. The Balaban J connectivity index is 1.30. The van der Waals surface area contributed by atoms with Crippen molar-refractivity contribution in [3.05, 3.63) is 52.8 Å². The molecule has 1 N–H and O–H groups in total. The van der Waals surface area contributed by atoms with Gasteiger partial charge in [0, 0.05) is 30.9 Å². The molecule has 1 saturated carbocycles. The van der Waals surface area contributed by atoms with Crippen LogP contribution in [-0.4, -0.2) is 56.1 Å². The van der Waals surface area contributed by atoms with Gasteiger partial charge in [-0.2, -0.15) is 0 Å². The van der Waals surface area contributed by atoms with Crippen molar-refractivity contribution in [2.24, 2.45) is 0 Å². The third-order valence-corrected chi connectivity index (χ3v) is 6.34.